The van der Waals surface area contributed by atoms with E-state index in [1.165, 1.54) is 25.1 Å². The summed E-state index contributed by atoms with van der Waals surface area (Å²) in [5, 5.41) is 3.89. The van der Waals surface area contributed by atoms with Crippen LogP contribution in [0.15, 0.2) is 41.6 Å². The molecule has 0 amide bonds. The van der Waals surface area contributed by atoms with Gasteiger partial charge in [-0.15, -0.1) is 0 Å². The summed E-state index contributed by atoms with van der Waals surface area (Å²) in [6.45, 7) is -11.1. The van der Waals surface area contributed by atoms with Crippen LogP contribution in [-0.4, -0.2) is 23.6 Å². The molecule has 1 heterocycles. The quantitative estimate of drug-likeness (QED) is 0.286. The summed E-state index contributed by atoms with van der Waals surface area (Å²) in [5.74, 6) is -1.35. The van der Waals surface area contributed by atoms with E-state index in [4.69, 9.17) is 22.7 Å². The lowest BCUT2D eigenvalue weighted by atomic mass is 9.81. The summed E-state index contributed by atoms with van der Waals surface area (Å²) < 4.78 is 148. The van der Waals surface area contributed by atoms with E-state index in [9.17, 15) is 13.2 Å². The highest BCUT2D eigenvalue weighted by Gasteiger charge is 2.35. The second-order valence-corrected chi connectivity index (χ2v) is 8.23. The molecule has 2 aliphatic rings. The van der Waals surface area contributed by atoms with Crippen molar-refractivity contribution in [3.8, 4) is 0 Å². The van der Waals surface area contributed by atoms with Gasteiger partial charge in [-0.3, -0.25) is 4.90 Å². The highest BCUT2D eigenvalue weighted by molar-refractivity contribution is 5.98. The molecule has 2 fully saturated rings. The van der Waals surface area contributed by atoms with Crippen LogP contribution in [-0.2, 0) is 30.5 Å². The van der Waals surface area contributed by atoms with Gasteiger partial charge in [-0.1, -0.05) is 55.5 Å². The normalized spacial score (nSPS) is 29.4. The first-order chi connectivity index (χ1) is 21.3. The molecule has 0 aromatic heterocycles. The van der Waals surface area contributed by atoms with E-state index in [2.05, 4.69) is 5.16 Å². The first-order valence-corrected chi connectivity index (χ1v) is 11.0. The van der Waals surface area contributed by atoms with Crippen molar-refractivity contribution in [3.05, 3.63) is 69.8 Å². The third kappa shape index (κ3) is 6.01. The molecular weight excluding hydrogens is 437 g/mol. The fourth-order valence-corrected chi connectivity index (χ4v) is 4.01. The van der Waals surface area contributed by atoms with Crippen molar-refractivity contribution in [1.82, 2.24) is 4.90 Å². The predicted molar refractivity (Wildman–Crippen MR) is 130 cm³/mol. The van der Waals surface area contributed by atoms with Gasteiger partial charge in [0.15, 0.2) is 0 Å². The fraction of sp³-hybridized carbons (Fsp3) is 0.536. The molecular formula is C28H35F3N2O. The minimum absolute atomic E-state index is 0.0144. The van der Waals surface area contributed by atoms with Crippen molar-refractivity contribution < 1.29 is 35.8 Å². The molecule has 0 unspecified atom stereocenters. The van der Waals surface area contributed by atoms with E-state index >= 15 is 0 Å². The molecule has 3 nitrogen and oxygen atoms in total. The van der Waals surface area contributed by atoms with Crippen molar-refractivity contribution in [2.45, 2.75) is 83.8 Å². The molecule has 1 saturated carbocycles. The highest BCUT2D eigenvalue weighted by Crippen LogP contribution is 2.41. The number of alkyl halides is 3. The number of aryl methyl sites for hydroxylation is 1. The largest absolute Gasteiger partial charge is 0.416 e. The molecule has 1 aliphatic carbocycles. The van der Waals surface area contributed by atoms with Gasteiger partial charge < -0.3 is 4.84 Å². The number of halogens is 3. The average molecular weight is 486 g/mol. The van der Waals surface area contributed by atoms with E-state index in [0.29, 0.717) is 25.7 Å². The maximum absolute atomic E-state index is 14.0. The van der Waals surface area contributed by atoms with Crippen molar-refractivity contribution in [1.29, 1.82) is 0 Å². The van der Waals surface area contributed by atoms with E-state index in [1.54, 1.807) is 0 Å². The van der Waals surface area contributed by atoms with Crippen LogP contribution in [0.5, 0.6) is 0 Å². The van der Waals surface area contributed by atoms with Crippen LogP contribution in [0.2, 0.25) is 0 Å². The second-order valence-electron chi connectivity index (χ2n) is 8.23. The SMILES string of the molecule is [2H]C1C([2H])([2H])N(C([2H])([2H])c2ccc(/C(C)=N/OCc3ccc(C4([2H])CCCCC4)c(C(F)(F)F)c3)cc2C([2H])([2H])C([2H])([2H])[2H])C1([2H])[2H]. The average Bonchev–Trinajstić information content (AvgIpc) is 2.95. The van der Waals surface area contributed by atoms with Crippen molar-refractivity contribution >= 4 is 5.71 Å². The summed E-state index contributed by atoms with van der Waals surface area (Å²) in [6.07, 6.45) is -7.10. The number of oxime groups is 1. The first kappa shape index (κ1) is 13.1. The Bertz CT molecular complexity index is 1500. The Labute approximate surface area is 219 Å². The van der Waals surface area contributed by atoms with Crippen LogP contribution in [0.3, 0.4) is 0 Å². The molecule has 184 valence electrons. The molecule has 1 saturated heterocycles. The van der Waals surface area contributed by atoms with Gasteiger partial charge in [-0.2, -0.15) is 13.2 Å². The number of hydrogen-bond donors (Lipinski definition) is 0. The van der Waals surface area contributed by atoms with Crippen molar-refractivity contribution in [2.75, 3.05) is 13.0 Å². The first-order valence-electron chi connectivity index (χ1n) is 17.6. The zero-order valence-corrected chi connectivity index (χ0v) is 18.7. The van der Waals surface area contributed by atoms with Crippen LogP contribution in [0, 0.1) is 0 Å². The lowest BCUT2D eigenvalue weighted by molar-refractivity contribution is -0.138. The molecule has 0 radical (unpaired) electrons. The number of hydrogen-bond acceptors (Lipinski definition) is 3. The smallest absolute Gasteiger partial charge is 0.391 e. The van der Waals surface area contributed by atoms with E-state index in [0.717, 1.165) is 24.6 Å². The van der Waals surface area contributed by atoms with Gasteiger partial charge in [-0.25, -0.2) is 0 Å². The summed E-state index contributed by atoms with van der Waals surface area (Å²) in [4.78, 5) is 5.43. The second kappa shape index (κ2) is 10.9. The van der Waals surface area contributed by atoms with Gasteiger partial charge in [-0.05, 0) is 91.4 Å². The minimum Gasteiger partial charge on any atom is -0.391 e. The van der Waals surface area contributed by atoms with Crippen LogP contribution in [0.25, 0.3) is 0 Å². The van der Waals surface area contributed by atoms with E-state index in [1.807, 2.05) is 0 Å². The molecule has 34 heavy (non-hydrogen) atoms. The van der Waals surface area contributed by atoms with Gasteiger partial charge in [0, 0.05) is 24.3 Å². The Balaban J connectivity index is 1.66. The fourth-order valence-electron chi connectivity index (χ4n) is 4.01. The Morgan fingerprint density at radius 1 is 1.18 bits per heavy atom. The summed E-state index contributed by atoms with van der Waals surface area (Å²) in [6, 6.07) is 6.80. The van der Waals surface area contributed by atoms with E-state index < -0.39 is 74.5 Å². The van der Waals surface area contributed by atoms with Gasteiger partial charge in [0.25, 0.3) is 0 Å². The molecule has 0 spiro atoms. The van der Waals surface area contributed by atoms with Crippen LogP contribution in [0.1, 0.15) is 109 Å². The third-order valence-corrected chi connectivity index (χ3v) is 5.85. The predicted octanol–water partition coefficient (Wildman–Crippen LogP) is 7.46. The van der Waals surface area contributed by atoms with Crippen LogP contribution < -0.4 is 0 Å². The van der Waals surface area contributed by atoms with Crippen LogP contribution in [0.4, 0.5) is 13.2 Å². The summed E-state index contributed by atoms with van der Waals surface area (Å²) in [7, 11) is 0. The monoisotopic (exact) mass is 485 g/mol. The lowest BCUT2D eigenvalue weighted by Gasteiger charge is -2.31. The maximum atomic E-state index is 14.0. The van der Waals surface area contributed by atoms with Crippen molar-refractivity contribution in [3.63, 3.8) is 0 Å². The zero-order chi connectivity index (χ0) is 35.6. The number of benzene rings is 2. The molecule has 1 aliphatic heterocycles. The number of rotatable bonds is 8. The minimum atomic E-state index is -4.71. The summed E-state index contributed by atoms with van der Waals surface area (Å²) in [5.41, 5.74) is -2.27. The molecule has 2 aromatic rings. The number of nitrogens with zero attached hydrogens (tertiary/aromatic N) is 2. The maximum Gasteiger partial charge on any atom is 0.416 e. The van der Waals surface area contributed by atoms with Gasteiger partial charge >= 0.3 is 6.18 Å². The van der Waals surface area contributed by atoms with Gasteiger partial charge in [0.2, 0.25) is 0 Å². The van der Waals surface area contributed by atoms with Crippen molar-refractivity contribution in [2.24, 2.45) is 5.16 Å². The molecule has 0 N–H and O–H groups in total. The standard InChI is InChI=1S/C28H35F3N2O/c1-3-22-17-24(11-12-25(22)18-33-14-7-15-33)20(2)32-34-19-21-10-13-26(23-8-5-4-6-9-23)27(16-21)28(29,30)31/h10-13,16-17,23H,3-9,14-15,18-19H2,1-2H3/b32-20+/i1D3,3D2,7D,14D2,15D2,18D2,23D. The zero-order valence-electron chi connectivity index (χ0n) is 31.7. The highest BCUT2D eigenvalue weighted by atomic mass is 19.4. The van der Waals surface area contributed by atoms with E-state index in [-0.39, 0.29) is 27.3 Å². The Hall–Kier alpha value is -2.34. The summed E-state index contributed by atoms with van der Waals surface area (Å²) >= 11 is 0. The molecule has 0 atom stereocenters. The molecule has 4 rings (SSSR count). The molecule has 2 aromatic carbocycles. The topological polar surface area (TPSA) is 24.8 Å². The van der Waals surface area contributed by atoms with Crippen LogP contribution >= 0.6 is 0 Å². The molecule has 6 heteroatoms. The Morgan fingerprint density at radius 2 is 1.97 bits per heavy atom. The third-order valence-electron chi connectivity index (χ3n) is 5.85. The number of likely N-dealkylation sites (tertiary alicyclic amines) is 1. The van der Waals surface area contributed by atoms with Gasteiger partial charge in [0.05, 0.1) is 11.3 Å². The Kier molecular flexibility index (Phi) is 4.21. The lowest BCUT2D eigenvalue weighted by Crippen LogP contribution is -2.36. The van der Waals surface area contributed by atoms with Gasteiger partial charge in [0.1, 0.15) is 6.61 Å². The Morgan fingerprint density at radius 3 is 2.71 bits per heavy atom. The molecule has 0 bridgehead atoms.